The first-order valence-electron chi connectivity index (χ1n) is 6.20. The molecule has 5 nitrogen and oxygen atoms in total. The molecule has 0 radical (unpaired) electrons. The van der Waals surface area contributed by atoms with Crippen molar-refractivity contribution in [3.05, 3.63) is 29.8 Å². The molecule has 1 N–H and O–H groups in total. The predicted octanol–water partition coefficient (Wildman–Crippen LogP) is 2.21. The zero-order valence-corrected chi connectivity index (χ0v) is 11.3. The Hall–Kier alpha value is -1.59. The average Bonchev–Trinajstić information content (AvgIpc) is 2.39. The molecule has 0 fully saturated rings. The van der Waals surface area contributed by atoms with Crippen LogP contribution in [0.4, 0.5) is 0 Å². The van der Waals surface area contributed by atoms with Crippen LogP contribution in [0.15, 0.2) is 24.3 Å². The number of methoxy groups -OCH3 is 1. The van der Waals surface area contributed by atoms with E-state index in [1.165, 1.54) is 12.1 Å². The largest absolute Gasteiger partial charge is 0.494 e. The highest BCUT2D eigenvalue weighted by molar-refractivity contribution is 5.87. The van der Waals surface area contributed by atoms with Gasteiger partial charge in [-0.1, -0.05) is 0 Å². The molecule has 0 aliphatic heterocycles. The van der Waals surface area contributed by atoms with E-state index in [4.69, 9.17) is 19.3 Å². The third-order valence-electron chi connectivity index (χ3n) is 2.46. The van der Waals surface area contributed by atoms with Crippen molar-refractivity contribution >= 4 is 5.97 Å². The van der Waals surface area contributed by atoms with E-state index in [2.05, 4.69) is 0 Å². The van der Waals surface area contributed by atoms with Gasteiger partial charge in [0.2, 0.25) is 0 Å². The summed E-state index contributed by atoms with van der Waals surface area (Å²) in [5.74, 6) is -0.276. The van der Waals surface area contributed by atoms with Crippen LogP contribution in [-0.2, 0) is 9.47 Å². The number of hydrogen-bond acceptors (Lipinski definition) is 4. The summed E-state index contributed by atoms with van der Waals surface area (Å²) in [7, 11) is 1.64. The Balaban J connectivity index is 2.17. The zero-order chi connectivity index (χ0) is 14.1. The minimum atomic E-state index is -0.938. The maximum atomic E-state index is 10.7. The molecule has 1 rings (SSSR count). The Morgan fingerprint density at radius 2 is 1.95 bits per heavy atom. The van der Waals surface area contributed by atoms with Gasteiger partial charge in [-0.05, 0) is 31.2 Å². The SMILES string of the molecule is COCC(C)OCCCOc1ccc(C(=O)O)cc1. The summed E-state index contributed by atoms with van der Waals surface area (Å²) < 4.78 is 15.9. The molecule has 1 aromatic rings. The Kier molecular flexibility index (Phi) is 6.92. The maximum absolute atomic E-state index is 10.7. The van der Waals surface area contributed by atoms with E-state index < -0.39 is 5.97 Å². The van der Waals surface area contributed by atoms with E-state index in [1.807, 2.05) is 6.92 Å². The van der Waals surface area contributed by atoms with Crippen LogP contribution in [0.5, 0.6) is 5.75 Å². The van der Waals surface area contributed by atoms with Gasteiger partial charge in [-0.3, -0.25) is 0 Å². The summed E-state index contributed by atoms with van der Waals surface area (Å²) in [6.45, 7) is 3.68. The Bertz CT molecular complexity index is 374. The lowest BCUT2D eigenvalue weighted by molar-refractivity contribution is 0.00509. The van der Waals surface area contributed by atoms with E-state index in [0.29, 0.717) is 25.6 Å². The van der Waals surface area contributed by atoms with Gasteiger partial charge in [0.1, 0.15) is 5.75 Å². The van der Waals surface area contributed by atoms with Gasteiger partial charge < -0.3 is 19.3 Å². The molecule has 0 bridgehead atoms. The molecule has 0 aliphatic carbocycles. The Morgan fingerprint density at radius 3 is 2.53 bits per heavy atom. The summed E-state index contributed by atoms with van der Waals surface area (Å²) in [5.41, 5.74) is 0.254. The fourth-order valence-corrected chi connectivity index (χ4v) is 1.51. The van der Waals surface area contributed by atoms with Gasteiger partial charge in [-0.2, -0.15) is 0 Å². The molecule has 5 heteroatoms. The fourth-order valence-electron chi connectivity index (χ4n) is 1.51. The van der Waals surface area contributed by atoms with Crippen LogP contribution in [-0.4, -0.2) is 44.1 Å². The zero-order valence-electron chi connectivity index (χ0n) is 11.3. The molecule has 0 amide bonds. The molecular formula is C14H20O5. The molecule has 1 atom stereocenters. The Labute approximate surface area is 113 Å². The fraction of sp³-hybridized carbons (Fsp3) is 0.500. The second-order valence-electron chi connectivity index (χ2n) is 4.17. The molecule has 1 aromatic carbocycles. The van der Waals surface area contributed by atoms with Crippen molar-refractivity contribution in [2.75, 3.05) is 26.9 Å². The summed E-state index contributed by atoms with van der Waals surface area (Å²) >= 11 is 0. The van der Waals surface area contributed by atoms with Gasteiger partial charge in [-0.15, -0.1) is 0 Å². The lowest BCUT2D eigenvalue weighted by Crippen LogP contribution is -2.16. The van der Waals surface area contributed by atoms with Crippen LogP contribution in [0.1, 0.15) is 23.7 Å². The molecule has 0 aliphatic rings. The maximum Gasteiger partial charge on any atom is 0.335 e. The second-order valence-corrected chi connectivity index (χ2v) is 4.17. The summed E-state index contributed by atoms with van der Waals surface area (Å²) in [5, 5.41) is 8.75. The van der Waals surface area contributed by atoms with Crippen molar-refractivity contribution in [3.8, 4) is 5.75 Å². The first kappa shape index (κ1) is 15.5. The molecule has 0 saturated heterocycles. The molecular weight excluding hydrogens is 248 g/mol. The van der Waals surface area contributed by atoms with Crippen LogP contribution in [0.2, 0.25) is 0 Å². The molecule has 0 heterocycles. The minimum absolute atomic E-state index is 0.0832. The predicted molar refractivity (Wildman–Crippen MR) is 70.8 cm³/mol. The first-order valence-corrected chi connectivity index (χ1v) is 6.20. The van der Waals surface area contributed by atoms with Gasteiger partial charge in [0, 0.05) is 13.5 Å². The smallest absolute Gasteiger partial charge is 0.335 e. The highest BCUT2D eigenvalue weighted by Gasteiger charge is 2.03. The Morgan fingerprint density at radius 1 is 1.26 bits per heavy atom. The van der Waals surface area contributed by atoms with E-state index in [-0.39, 0.29) is 11.7 Å². The van der Waals surface area contributed by atoms with E-state index in [9.17, 15) is 4.79 Å². The van der Waals surface area contributed by atoms with Crippen LogP contribution >= 0.6 is 0 Å². The molecule has 0 saturated carbocycles. The number of aromatic carboxylic acids is 1. The van der Waals surface area contributed by atoms with E-state index in [0.717, 1.165) is 6.42 Å². The third-order valence-corrected chi connectivity index (χ3v) is 2.46. The van der Waals surface area contributed by atoms with Crippen molar-refractivity contribution < 1.29 is 24.1 Å². The highest BCUT2D eigenvalue weighted by Crippen LogP contribution is 2.12. The third kappa shape index (κ3) is 6.22. The molecule has 106 valence electrons. The normalized spacial score (nSPS) is 12.1. The topological polar surface area (TPSA) is 65.0 Å². The van der Waals surface area contributed by atoms with Gasteiger partial charge in [0.05, 0.1) is 31.5 Å². The molecule has 1 unspecified atom stereocenters. The van der Waals surface area contributed by atoms with Crippen molar-refractivity contribution in [1.82, 2.24) is 0 Å². The number of hydrogen-bond donors (Lipinski definition) is 1. The molecule has 19 heavy (non-hydrogen) atoms. The van der Waals surface area contributed by atoms with Gasteiger partial charge in [0.25, 0.3) is 0 Å². The van der Waals surface area contributed by atoms with E-state index >= 15 is 0 Å². The number of ether oxygens (including phenoxy) is 3. The lowest BCUT2D eigenvalue weighted by atomic mass is 10.2. The lowest BCUT2D eigenvalue weighted by Gasteiger charge is -2.12. The molecule has 0 spiro atoms. The van der Waals surface area contributed by atoms with Gasteiger partial charge in [-0.25, -0.2) is 4.79 Å². The average molecular weight is 268 g/mol. The van der Waals surface area contributed by atoms with Crippen molar-refractivity contribution in [1.29, 1.82) is 0 Å². The number of carboxylic acids is 1. The number of carbonyl (C=O) groups is 1. The van der Waals surface area contributed by atoms with Crippen molar-refractivity contribution in [3.63, 3.8) is 0 Å². The van der Waals surface area contributed by atoms with Crippen LogP contribution in [0, 0.1) is 0 Å². The van der Waals surface area contributed by atoms with E-state index in [1.54, 1.807) is 19.2 Å². The number of carboxylic acid groups (broad SMARTS) is 1. The standard InChI is InChI=1S/C14H20O5/c1-11(10-17-2)18-8-3-9-19-13-6-4-12(5-7-13)14(15)16/h4-7,11H,3,8-10H2,1-2H3,(H,15,16). The number of rotatable bonds is 9. The highest BCUT2D eigenvalue weighted by atomic mass is 16.5. The van der Waals surface area contributed by atoms with Crippen LogP contribution in [0.3, 0.4) is 0 Å². The van der Waals surface area contributed by atoms with Crippen LogP contribution < -0.4 is 4.74 Å². The summed E-state index contributed by atoms with van der Waals surface area (Å²) in [6, 6.07) is 6.35. The summed E-state index contributed by atoms with van der Waals surface area (Å²) in [4.78, 5) is 10.7. The quantitative estimate of drug-likeness (QED) is 0.695. The number of benzene rings is 1. The minimum Gasteiger partial charge on any atom is -0.494 e. The van der Waals surface area contributed by atoms with Crippen molar-refractivity contribution in [2.24, 2.45) is 0 Å². The summed E-state index contributed by atoms with van der Waals surface area (Å²) in [6.07, 6.45) is 0.856. The first-order chi connectivity index (χ1) is 9.13. The van der Waals surface area contributed by atoms with Gasteiger partial charge >= 0.3 is 5.97 Å². The van der Waals surface area contributed by atoms with Gasteiger partial charge in [0.15, 0.2) is 0 Å². The second kappa shape index (κ2) is 8.50. The monoisotopic (exact) mass is 268 g/mol. The molecule has 0 aromatic heterocycles. The van der Waals surface area contributed by atoms with Crippen molar-refractivity contribution in [2.45, 2.75) is 19.4 Å². The van der Waals surface area contributed by atoms with Crippen LogP contribution in [0.25, 0.3) is 0 Å².